The fourth-order valence-corrected chi connectivity index (χ4v) is 0.955. The smallest absolute Gasteiger partial charge is 0.465 e. The molecule has 0 atom stereocenters. The van der Waals surface area contributed by atoms with Crippen LogP contribution in [0.4, 0.5) is 12.9 Å². The van der Waals surface area contributed by atoms with Crippen molar-refractivity contribution in [1.29, 1.82) is 0 Å². The quantitative estimate of drug-likeness (QED) is 0.538. The van der Waals surface area contributed by atoms with Gasteiger partial charge in [0.25, 0.3) is 0 Å². The summed E-state index contributed by atoms with van der Waals surface area (Å²) in [5.74, 6) is -0.647. The SMILES string of the molecule is COC(=O)c1ccc([B-](F)(F)F)cc1. The highest BCUT2D eigenvalue weighted by Crippen LogP contribution is 2.09. The Bertz CT molecular complexity index is 331. The first-order chi connectivity index (χ1) is 6.45. The second-order valence-electron chi connectivity index (χ2n) is 2.69. The first kappa shape index (κ1) is 10.6. The fraction of sp³-hybridized carbons (Fsp3) is 0.125. The third kappa shape index (κ3) is 2.28. The Hall–Kier alpha value is -1.46. The van der Waals surface area contributed by atoms with Gasteiger partial charge in [0, 0.05) is 0 Å². The van der Waals surface area contributed by atoms with Crippen molar-refractivity contribution in [2.45, 2.75) is 0 Å². The van der Waals surface area contributed by atoms with E-state index >= 15 is 0 Å². The van der Waals surface area contributed by atoms with Crippen LogP contribution in [0.5, 0.6) is 0 Å². The Morgan fingerprint density at radius 1 is 1.21 bits per heavy atom. The number of hydrogen-bond acceptors (Lipinski definition) is 2. The molecule has 0 aliphatic heterocycles. The summed E-state index contributed by atoms with van der Waals surface area (Å²) in [7, 11) is 1.17. The number of carbonyl (C=O) groups is 1. The van der Waals surface area contributed by atoms with E-state index in [1.54, 1.807) is 0 Å². The van der Waals surface area contributed by atoms with E-state index in [0.717, 1.165) is 24.3 Å². The maximum Gasteiger partial charge on any atom is 0.509 e. The van der Waals surface area contributed by atoms with Gasteiger partial charge in [-0.2, -0.15) is 0 Å². The van der Waals surface area contributed by atoms with Crippen molar-refractivity contribution in [3.8, 4) is 0 Å². The summed E-state index contributed by atoms with van der Waals surface area (Å²) in [6.45, 7) is -5.00. The van der Waals surface area contributed by atoms with Crippen molar-refractivity contribution in [3.63, 3.8) is 0 Å². The number of hydrogen-bond donors (Lipinski definition) is 0. The van der Waals surface area contributed by atoms with E-state index in [1.165, 1.54) is 7.11 Å². The number of esters is 1. The van der Waals surface area contributed by atoms with Gasteiger partial charge < -0.3 is 17.7 Å². The van der Waals surface area contributed by atoms with E-state index in [9.17, 15) is 17.7 Å². The van der Waals surface area contributed by atoms with E-state index in [2.05, 4.69) is 4.74 Å². The lowest BCUT2D eigenvalue weighted by Gasteiger charge is -2.14. The number of ether oxygens (including phenoxy) is 1. The first-order valence-electron chi connectivity index (χ1n) is 3.83. The van der Waals surface area contributed by atoms with Gasteiger partial charge in [0.05, 0.1) is 12.7 Å². The largest absolute Gasteiger partial charge is 0.509 e. The van der Waals surface area contributed by atoms with Crippen LogP contribution in [0.2, 0.25) is 0 Å². The fourth-order valence-electron chi connectivity index (χ4n) is 0.955. The van der Waals surface area contributed by atoms with Gasteiger partial charge in [-0.25, -0.2) is 4.79 Å². The number of halogens is 3. The van der Waals surface area contributed by atoms with Crippen molar-refractivity contribution in [1.82, 2.24) is 0 Å². The lowest BCUT2D eigenvalue weighted by atomic mass is 9.80. The molecule has 0 aromatic heterocycles. The molecule has 0 heterocycles. The molecule has 0 radical (unpaired) electrons. The molecular formula is C8H7BF3O2-. The van der Waals surface area contributed by atoms with Gasteiger partial charge in [-0.15, -0.1) is 5.46 Å². The predicted molar refractivity (Wildman–Crippen MR) is 46.5 cm³/mol. The third-order valence-corrected chi connectivity index (χ3v) is 1.71. The average molecular weight is 203 g/mol. The minimum absolute atomic E-state index is 0.108. The van der Waals surface area contributed by atoms with E-state index in [4.69, 9.17) is 0 Å². The highest BCUT2D eigenvalue weighted by molar-refractivity contribution is 6.73. The Morgan fingerprint density at radius 2 is 1.71 bits per heavy atom. The summed E-state index contributed by atoms with van der Waals surface area (Å²) in [6, 6.07) is 3.92. The number of carbonyl (C=O) groups excluding carboxylic acids is 1. The third-order valence-electron chi connectivity index (χ3n) is 1.71. The van der Waals surface area contributed by atoms with Crippen LogP contribution in [-0.2, 0) is 4.74 Å². The Labute approximate surface area is 78.7 Å². The van der Waals surface area contributed by atoms with Crippen LogP contribution in [0.3, 0.4) is 0 Å². The number of benzene rings is 1. The topological polar surface area (TPSA) is 26.3 Å². The Balaban J connectivity index is 2.95. The summed E-state index contributed by atoms with van der Waals surface area (Å²) in [5, 5.41) is 0. The highest BCUT2D eigenvalue weighted by atomic mass is 19.4. The standard InChI is InChI=1S/C8H7BF3O2/c1-14-8(13)6-2-4-7(5-3-6)9(10,11)12/h2-5H,1H3/q-1. The maximum atomic E-state index is 12.1. The van der Waals surface area contributed by atoms with Crippen LogP contribution in [0.1, 0.15) is 10.4 Å². The normalized spacial score (nSPS) is 11.1. The van der Waals surface area contributed by atoms with Crippen LogP contribution in [0.25, 0.3) is 0 Å². The molecule has 1 rings (SSSR count). The van der Waals surface area contributed by atoms with Gasteiger partial charge in [-0.3, -0.25) is 0 Å². The molecule has 0 saturated heterocycles. The molecule has 0 aliphatic carbocycles. The monoisotopic (exact) mass is 203 g/mol. The summed E-state index contributed by atoms with van der Waals surface area (Å²) in [6.07, 6.45) is 0. The van der Waals surface area contributed by atoms with Crippen molar-refractivity contribution >= 4 is 18.4 Å². The van der Waals surface area contributed by atoms with Gasteiger partial charge in [0.1, 0.15) is 0 Å². The number of rotatable bonds is 2. The van der Waals surface area contributed by atoms with Crippen LogP contribution in [0, 0.1) is 0 Å². The molecule has 0 bridgehead atoms. The zero-order valence-corrected chi connectivity index (χ0v) is 7.34. The summed E-state index contributed by atoms with van der Waals surface area (Å²) in [5.41, 5.74) is -0.617. The molecule has 0 spiro atoms. The van der Waals surface area contributed by atoms with E-state index < -0.39 is 18.4 Å². The van der Waals surface area contributed by atoms with Crippen molar-refractivity contribution in [2.75, 3.05) is 7.11 Å². The summed E-state index contributed by atoms with van der Waals surface area (Å²) < 4.78 is 40.8. The molecule has 0 unspecified atom stereocenters. The second-order valence-corrected chi connectivity index (χ2v) is 2.69. The Morgan fingerprint density at radius 3 is 2.07 bits per heavy atom. The molecule has 6 heteroatoms. The lowest BCUT2D eigenvalue weighted by molar-refractivity contribution is 0.0600. The van der Waals surface area contributed by atoms with Gasteiger partial charge >= 0.3 is 12.9 Å². The van der Waals surface area contributed by atoms with Crippen LogP contribution in [-0.4, -0.2) is 20.1 Å². The highest BCUT2D eigenvalue weighted by Gasteiger charge is 2.25. The lowest BCUT2D eigenvalue weighted by Crippen LogP contribution is -2.33. The molecule has 1 aromatic rings. The van der Waals surface area contributed by atoms with E-state index in [1.807, 2.05) is 0 Å². The molecule has 0 aliphatic rings. The first-order valence-corrected chi connectivity index (χ1v) is 3.83. The van der Waals surface area contributed by atoms with Crippen LogP contribution >= 0.6 is 0 Å². The minimum atomic E-state index is -5.00. The van der Waals surface area contributed by atoms with Crippen molar-refractivity contribution < 1.29 is 22.5 Å². The second kappa shape index (κ2) is 3.73. The average Bonchev–Trinajstić information content (AvgIpc) is 2.15. The minimum Gasteiger partial charge on any atom is -0.465 e. The zero-order valence-electron chi connectivity index (χ0n) is 7.34. The maximum absolute atomic E-state index is 12.1. The van der Waals surface area contributed by atoms with Crippen molar-refractivity contribution in [3.05, 3.63) is 29.8 Å². The summed E-state index contributed by atoms with van der Waals surface area (Å²) in [4.78, 5) is 10.9. The molecule has 1 aromatic carbocycles. The zero-order chi connectivity index (χ0) is 10.8. The van der Waals surface area contributed by atoms with E-state index in [0.29, 0.717) is 0 Å². The molecule has 14 heavy (non-hydrogen) atoms. The van der Waals surface area contributed by atoms with E-state index in [-0.39, 0.29) is 5.56 Å². The molecule has 0 saturated carbocycles. The molecule has 76 valence electrons. The molecule has 0 amide bonds. The van der Waals surface area contributed by atoms with Gasteiger partial charge in [0.15, 0.2) is 0 Å². The summed E-state index contributed by atoms with van der Waals surface area (Å²) >= 11 is 0. The number of methoxy groups -OCH3 is 1. The van der Waals surface area contributed by atoms with Crippen molar-refractivity contribution in [2.24, 2.45) is 0 Å². The molecule has 2 nitrogen and oxygen atoms in total. The molecule has 0 fully saturated rings. The molecular weight excluding hydrogens is 196 g/mol. The van der Waals surface area contributed by atoms with Gasteiger partial charge in [0.2, 0.25) is 0 Å². The molecule has 0 N–H and O–H groups in total. The van der Waals surface area contributed by atoms with Gasteiger partial charge in [-0.1, -0.05) is 24.3 Å². The van der Waals surface area contributed by atoms with Gasteiger partial charge in [-0.05, 0) is 0 Å². The van der Waals surface area contributed by atoms with Crippen LogP contribution in [0.15, 0.2) is 24.3 Å². The predicted octanol–water partition coefficient (Wildman–Crippen LogP) is 1.53. The van der Waals surface area contributed by atoms with Crippen LogP contribution < -0.4 is 5.46 Å². The Kier molecular flexibility index (Phi) is 2.83.